The Morgan fingerprint density at radius 2 is 2.09 bits per heavy atom. The average Bonchev–Trinajstić information content (AvgIpc) is 2.98. The number of nitrogens with two attached hydrogens (primary N) is 1. The minimum atomic E-state index is -0.421. The van der Waals surface area contributed by atoms with Crippen molar-refractivity contribution in [2.24, 2.45) is 5.73 Å². The molecule has 2 heterocycles. The highest BCUT2D eigenvalue weighted by Crippen LogP contribution is 2.28. The van der Waals surface area contributed by atoms with E-state index in [1.807, 2.05) is 40.8 Å². The van der Waals surface area contributed by atoms with Crippen molar-refractivity contribution in [1.29, 1.82) is 0 Å². The van der Waals surface area contributed by atoms with Gasteiger partial charge in [0.15, 0.2) is 5.43 Å². The highest BCUT2D eigenvalue weighted by Gasteiger charge is 2.16. The first kappa shape index (κ1) is 12.8. The van der Waals surface area contributed by atoms with Crippen LogP contribution < -0.4 is 16.5 Å². The van der Waals surface area contributed by atoms with Gasteiger partial charge in [-0.25, -0.2) is 4.98 Å². The van der Waals surface area contributed by atoms with Gasteiger partial charge in [0.1, 0.15) is 6.33 Å². The average molecular weight is 290 g/mol. The number of hydrogen-bond acceptors (Lipinski definition) is 4. The first-order valence-electron chi connectivity index (χ1n) is 6.99. The summed E-state index contributed by atoms with van der Waals surface area (Å²) in [6.07, 6.45) is 2.92. The van der Waals surface area contributed by atoms with Crippen molar-refractivity contribution in [3.63, 3.8) is 0 Å². The van der Waals surface area contributed by atoms with E-state index in [0.29, 0.717) is 16.5 Å². The second kappa shape index (κ2) is 4.54. The van der Waals surface area contributed by atoms with E-state index in [0.717, 1.165) is 16.6 Å². The number of nitrogens with one attached hydrogen (secondary N) is 1. The van der Waals surface area contributed by atoms with E-state index in [4.69, 9.17) is 5.73 Å². The maximum atomic E-state index is 12.9. The van der Waals surface area contributed by atoms with Crippen LogP contribution in [0.3, 0.4) is 0 Å². The summed E-state index contributed by atoms with van der Waals surface area (Å²) in [5, 5.41) is 4.38. The predicted octanol–water partition coefficient (Wildman–Crippen LogP) is 2.32. The van der Waals surface area contributed by atoms with Crippen molar-refractivity contribution in [2.45, 2.75) is 6.17 Å². The molecule has 5 nitrogen and oxygen atoms in total. The second-order valence-corrected chi connectivity index (χ2v) is 5.22. The van der Waals surface area contributed by atoms with Crippen LogP contribution in [0.1, 0.15) is 0 Å². The largest absolute Gasteiger partial charge is 0.366 e. The van der Waals surface area contributed by atoms with Crippen LogP contribution >= 0.6 is 0 Å². The SMILES string of the molecule is C=CC(N)Nc1ccc2ncn3c4ccccc4c(=O)c1c23. The molecule has 0 radical (unpaired) electrons. The minimum absolute atomic E-state index is 0.0204. The first-order chi connectivity index (χ1) is 10.7. The van der Waals surface area contributed by atoms with Gasteiger partial charge in [-0.3, -0.25) is 9.20 Å². The van der Waals surface area contributed by atoms with Gasteiger partial charge >= 0.3 is 0 Å². The van der Waals surface area contributed by atoms with Gasteiger partial charge in [-0.15, -0.1) is 0 Å². The number of para-hydroxylation sites is 1. The van der Waals surface area contributed by atoms with Crippen LogP contribution in [0.25, 0.3) is 27.3 Å². The Labute approximate surface area is 126 Å². The molecular weight excluding hydrogens is 276 g/mol. The third-order valence-electron chi connectivity index (χ3n) is 3.92. The Morgan fingerprint density at radius 3 is 2.91 bits per heavy atom. The van der Waals surface area contributed by atoms with Crippen molar-refractivity contribution in [3.05, 3.63) is 65.6 Å². The standard InChI is InChI=1S/C17H14N4O/c1-2-14(18)20-11-7-8-12-16-15(11)17(22)10-5-3-4-6-13(10)21(16)9-19-12/h2-9,14,20H,1,18H2. The van der Waals surface area contributed by atoms with Gasteiger partial charge in [0, 0.05) is 11.1 Å². The lowest BCUT2D eigenvalue weighted by atomic mass is 10.1. The summed E-state index contributed by atoms with van der Waals surface area (Å²) in [7, 11) is 0. The monoisotopic (exact) mass is 290 g/mol. The summed E-state index contributed by atoms with van der Waals surface area (Å²) in [4.78, 5) is 17.3. The lowest BCUT2D eigenvalue weighted by molar-refractivity contribution is 0.948. The number of hydrogen-bond donors (Lipinski definition) is 2. The molecule has 0 aliphatic carbocycles. The topological polar surface area (TPSA) is 72.4 Å². The fourth-order valence-electron chi connectivity index (χ4n) is 2.89. The highest BCUT2D eigenvalue weighted by atomic mass is 16.1. The van der Waals surface area contributed by atoms with E-state index < -0.39 is 6.17 Å². The molecule has 0 saturated heterocycles. The molecule has 1 unspecified atom stereocenters. The van der Waals surface area contributed by atoms with E-state index >= 15 is 0 Å². The van der Waals surface area contributed by atoms with Gasteiger partial charge in [0.2, 0.25) is 0 Å². The molecule has 5 heteroatoms. The number of fused-ring (bicyclic) bond motifs is 2. The summed E-state index contributed by atoms with van der Waals surface area (Å²) in [5.74, 6) is 0. The van der Waals surface area contributed by atoms with Crippen molar-refractivity contribution < 1.29 is 0 Å². The van der Waals surface area contributed by atoms with Gasteiger partial charge in [0.05, 0.1) is 28.1 Å². The van der Waals surface area contributed by atoms with Crippen LogP contribution in [-0.4, -0.2) is 15.6 Å². The molecule has 0 bridgehead atoms. The lowest BCUT2D eigenvalue weighted by Gasteiger charge is -2.14. The molecule has 0 aliphatic rings. The summed E-state index contributed by atoms with van der Waals surface area (Å²) < 4.78 is 1.95. The van der Waals surface area contributed by atoms with E-state index in [1.165, 1.54) is 0 Å². The molecule has 108 valence electrons. The van der Waals surface area contributed by atoms with Gasteiger partial charge in [-0.05, 0) is 24.3 Å². The van der Waals surface area contributed by atoms with Crippen LogP contribution in [-0.2, 0) is 0 Å². The van der Waals surface area contributed by atoms with Crippen molar-refractivity contribution in [1.82, 2.24) is 9.38 Å². The molecule has 0 amide bonds. The molecular formula is C17H14N4O. The fourth-order valence-corrected chi connectivity index (χ4v) is 2.89. The summed E-state index contributed by atoms with van der Waals surface area (Å²) >= 11 is 0. The first-order valence-corrected chi connectivity index (χ1v) is 6.99. The molecule has 2 aromatic heterocycles. The summed E-state index contributed by atoms with van der Waals surface area (Å²) in [6, 6.07) is 11.3. The van der Waals surface area contributed by atoms with Crippen molar-refractivity contribution >= 4 is 33.0 Å². The zero-order valence-electron chi connectivity index (χ0n) is 11.8. The summed E-state index contributed by atoms with van der Waals surface area (Å²) in [6.45, 7) is 3.66. The van der Waals surface area contributed by atoms with Crippen molar-refractivity contribution in [3.8, 4) is 0 Å². The van der Waals surface area contributed by atoms with Crippen LogP contribution in [0.4, 0.5) is 5.69 Å². The molecule has 0 spiro atoms. The Hall–Kier alpha value is -2.92. The Morgan fingerprint density at radius 1 is 1.27 bits per heavy atom. The molecule has 2 aromatic carbocycles. The quantitative estimate of drug-likeness (QED) is 0.345. The molecule has 4 rings (SSSR count). The molecule has 3 N–H and O–H groups in total. The Kier molecular flexibility index (Phi) is 2.64. The van der Waals surface area contributed by atoms with Crippen LogP contribution in [0.2, 0.25) is 0 Å². The number of imidazole rings is 1. The van der Waals surface area contributed by atoms with Gasteiger partial charge in [0.25, 0.3) is 0 Å². The molecule has 4 aromatic rings. The second-order valence-electron chi connectivity index (χ2n) is 5.22. The minimum Gasteiger partial charge on any atom is -0.366 e. The fraction of sp³-hybridized carbons (Fsp3) is 0.0588. The zero-order chi connectivity index (χ0) is 15.3. The predicted molar refractivity (Wildman–Crippen MR) is 89.5 cm³/mol. The van der Waals surface area contributed by atoms with E-state index in [1.54, 1.807) is 12.4 Å². The third-order valence-corrected chi connectivity index (χ3v) is 3.92. The molecule has 1 atom stereocenters. The molecule has 0 aliphatic heterocycles. The van der Waals surface area contributed by atoms with Crippen molar-refractivity contribution in [2.75, 3.05) is 5.32 Å². The lowest BCUT2D eigenvalue weighted by Crippen LogP contribution is -2.27. The zero-order valence-corrected chi connectivity index (χ0v) is 11.8. The number of rotatable bonds is 3. The van der Waals surface area contributed by atoms with Gasteiger partial charge in [-0.2, -0.15) is 0 Å². The Bertz CT molecular complexity index is 1070. The van der Waals surface area contributed by atoms with Gasteiger partial charge < -0.3 is 11.1 Å². The van der Waals surface area contributed by atoms with E-state index in [-0.39, 0.29) is 5.43 Å². The number of nitrogens with zero attached hydrogens (tertiary/aromatic N) is 2. The van der Waals surface area contributed by atoms with Crippen LogP contribution in [0.5, 0.6) is 0 Å². The molecule has 0 fully saturated rings. The Balaban J connectivity index is 2.21. The number of anilines is 1. The maximum Gasteiger partial charge on any atom is 0.199 e. The van der Waals surface area contributed by atoms with Crippen LogP contribution in [0.15, 0.2) is 60.2 Å². The maximum absolute atomic E-state index is 12.9. The number of aromatic nitrogens is 2. The van der Waals surface area contributed by atoms with E-state index in [2.05, 4.69) is 16.9 Å². The van der Waals surface area contributed by atoms with E-state index in [9.17, 15) is 4.79 Å². The van der Waals surface area contributed by atoms with Crippen LogP contribution in [0, 0.1) is 0 Å². The highest BCUT2D eigenvalue weighted by molar-refractivity contribution is 6.06. The smallest absolute Gasteiger partial charge is 0.199 e. The third kappa shape index (κ3) is 1.63. The molecule has 22 heavy (non-hydrogen) atoms. The summed E-state index contributed by atoms with van der Waals surface area (Å²) in [5.41, 5.74) is 9.01. The number of benzene rings is 2. The normalized spacial score (nSPS) is 13.0. The molecule has 0 saturated carbocycles. The number of pyridine rings is 1. The van der Waals surface area contributed by atoms with Gasteiger partial charge in [-0.1, -0.05) is 24.8 Å².